The van der Waals surface area contributed by atoms with Gasteiger partial charge >= 0.3 is 0 Å². The first kappa shape index (κ1) is 13.5. The molecule has 0 atom stereocenters. The van der Waals surface area contributed by atoms with Crippen molar-refractivity contribution < 1.29 is 9.50 Å². The van der Waals surface area contributed by atoms with Gasteiger partial charge < -0.3 is 10.1 Å². The highest BCUT2D eigenvalue weighted by atomic mass is 35.5. The summed E-state index contributed by atoms with van der Waals surface area (Å²) in [4.78, 5) is 18.0. The van der Waals surface area contributed by atoms with Gasteiger partial charge in [-0.2, -0.15) is 4.98 Å². The third-order valence-corrected chi connectivity index (χ3v) is 3.08. The van der Waals surface area contributed by atoms with Crippen LogP contribution in [0.1, 0.15) is 23.9 Å². The minimum atomic E-state index is -0.550. The van der Waals surface area contributed by atoms with Crippen LogP contribution in [-0.2, 0) is 12.8 Å². The number of aromatic hydroxyl groups is 1. The summed E-state index contributed by atoms with van der Waals surface area (Å²) in [5, 5.41) is 9.63. The summed E-state index contributed by atoms with van der Waals surface area (Å²) in [7, 11) is 0. The van der Waals surface area contributed by atoms with Crippen molar-refractivity contribution in [3.05, 3.63) is 56.3 Å². The Morgan fingerprint density at radius 3 is 2.84 bits per heavy atom. The second kappa shape index (κ2) is 5.40. The van der Waals surface area contributed by atoms with E-state index in [1.807, 2.05) is 0 Å². The molecule has 0 unspecified atom stereocenters. The van der Waals surface area contributed by atoms with Crippen molar-refractivity contribution in [2.45, 2.75) is 19.8 Å². The molecule has 1 aromatic carbocycles. The van der Waals surface area contributed by atoms with E-state index in [1.165, 1.54) is 6.07 Å². The first-order valence-electron chi connectivity index (χ1n) is 5.76. The number of nitrogens with zero attached hydrogens (tertiary/aromatic N) is 1. The van der Waals surface area contributed by atoms with Crippen molar-refractivity contribution >= 4 is 11.6 Å². The van der Waals surface area contributed by atoms with Crippen LogP contribution in [0.4, 0.5) is 4.39 Å². The number of H-pyrrole nitrogens is 1. The number of aromatic nitrogens is 2. The van der Waals surface area contributed by atoms with E-state index in [1.54, 1.807) is 19.1 Å². The number of rotatable bonds is 3. The molecule has 2 aromatic rings. The molecule has 2 rings (SSSR count). The van der Waals surface area contributed by atoms with Crippen LogP contribution in [0.2, 0.25) is 5.02 Å². The van der Waals surface area contributed by atoms with E-state index in [0.717, 1.165) is 0 Å². The monoisotopic (exact) mass is 282 g/mol. The summed E-state index contributed by atoms with van der Waals surface area (Å²) in [6.45, 7) is 1.74. The molecular weight excluding hydrogens is 271 g/mol. The summed E-state index contributed by atoms with van der Waals surface area (Å²) in [5.74, 6) is -0.671. The maximum absolute atomic E-state index is 13.7. The van der Waals surface area contributed by atoms with Crippen LogP contribution in [0.3, 0.4) is 0 Å². The fourth-order valence-corrected chi connectivity index (χ4v) is 1.99. The van der Waals surface area contributed by atoms with Gasteiger partial charge in [-0.3, -0.25) is 4.79 Å². The molecule has 0 aliphatic rings. The molecule has 0 aliphatic heterocycles. The zero-order chi connectivity index (χ0) is 14.0. The summed E-state index contributed by atoms with van der Waals surface area (Å²) in [5.41, 5.74) is 0.113. The molecule has 0 fully saturated rings. The summed E-state index contributed by atoms with van der Waals surface area (Å²) in [6.07, 6.45) is 0.430. The number of hydrogen-bond donors (Lipinski definition) is 2. The largest absolute Gasteiger partial charge is 0.493 e. The zero-order valence-corrected chi connectivity index (χ0v) is 11.0. The molecule has 0 radical (unpaired) electrons. The topological polar surface area (TPSA) is 66.0 Å². The van der Waals surface area contributed by atoms with Crippen molar-refractivity contribution in [1.29, 1.82) is 0 Å². The first-order valence-corrected chi connectivity index (χ1v) is 6.14. The van der Waals surface area contributed by atoms with Gasteiger partial charge in [0.15, 0.2) is 0 Å². The van der Waals surface area contributed by atoms with Gasteiger partial charge in [0.25, 0.3) is 5.56 Å². The Kier molecular flexibility index (Phi) is 3.85. The number of hydrogen-bond acceptors (Lipinski definition) is 3. The predicted molar refractivity (Wildman–Crippen MR) is 70.1 cm³/mol. The Balaban J connectivity index is 2.39. The van der Waals surface area contributed by atoms with Crippen LogP contribution in [-0.4, -0.2) is 15.1 Å². The van der Waals surface area contributed by atoms with Crippen LogP contribution >= 0.6 is 11.6 Å². The van der Waals surface area contributed by atoms with Gasteiger partial charge in [0.1, 0.15) is 11.6 Å². The highest BCUT2D eigenvalue weighted by Gasteiger charge is 2.12. The SMILES string of the molecule is CCc1c(O)nc(Cc2cccc(Cl)c2F)[nH]c1=O. The lowest BCUT2D eigenvalue weighted by Crippen LogP contribution is -2.16. The first-order chi connectivity index (χ1) is 9.02. The predicted octanol–water partition coefficient (Wildman–Crippen LogP) is 2.42. The van der Waals surface area contributed by atoms with Gasteiger partial charge in [-0.1, -0.05) is 30.7 Å². The van der Waals surface area contributed by atoms with Crippen LogP contribution in [0, 0.1) is 5.82 Å². The molecular formula is C13H12ClFN2O2. The highest BCUT2D eigenvalue weighted by Crippen LogP contribution is 2.20. The summed E-state index contributed by atoms with van der Waals surface area (Å²) >= 11 is 5.67. The molecule has 6 heteroatoms. The van der Waals surface area contributed by atoms with Gasteiger partial charge in [-0.05, 0) is 18.1 Å². The van der Waals surface area contributed by atoms with E-state index in [4.69, 9.17) is 11.6 Å². The standard InChI is InChI=1S/C13H12ClFN2O2/c1-2-8-12(18)16-10(17-13(8)19)6-7-4-3-5-9(14)11(7)15/h3-5H,2,6H2,1H3,(H2,16,17,18,19). The lowest BCUT2D eigenvalue weighted by Gasteiger charge is -2.06. The highest BCUT2D eigenvalue weighted by molar-refractivity contribution is 6.30. The van der Waals surface area contributed by atoms with Gasteiger partial charge in [0.2, 0.25) is 5.88 Å². The van der Waals surface area contributed by atoms with Gasteiger partial charge in [-0.25, -0.2) is 4.39 Å². The molecule has 4 nitrogen and oxygen atoms in total. The van der Waals surface area contributed by atoms with Gasteiger partial charge in [0.05, 0.1) is 10.6 Å². The van der Waals surface area contributed by atoms with Crippen molar-refractivity contribution in [2.75, 3.05) is 0 Å². The second-order valence-electron chi connectivity index (χ2n) is 4.06. The molecule has 19 heavy (non-hydrogen) atoms. The van der Waals surface area contributed by atoms with Gasteiger partial charge in [-0.15, -0.1) is 0 Å². The number of nitrogens with one attached hydrogen (secondary N) is 1. The zero-order valence-electron chi connectivity index (χ0n) is 10.2. The van der Waals surface area contributed by atoms with E-state index in [0.29, 0.717) is 12.0 Å². The lowest BCUT2D eigenvalue weighted by molar-refractivity contribution is 0.440. The maximum Gasteiger partial charge on any atom is 0.257 e. The third kappa shape index (κ3) is 2.76. The minimum absolute atomic E-state index is 0.00856. The second-order valence-corrected chi connectivity index (χ2v) is 4.47. The molecule has 2 N–H and O–H groups in total. The number of benzene rings is 1. The van der Waals surface area contributed by atoms with Crippen molar-refractivity contribution in [2.24, 2.45) is 0 Å². The van der Waals surface area contributed by atoms with Crippen LogP contribution in [0.25, 0.3) is 0 Å². The maximum atomic E-state index is 13.7. The molecule has 100 valence electrons. The van der Waals surface area contributed by atoms with E-state index < -0.39 is 11.4 Å². The van der Waals surface area contributed by atoms with Crippen molar-refractivity contribution in [3.63, 3.8) is 0 Å². The normalized spacial score (nSPS) is 10.7. The molecule has 0 aliphatic carbocycles. The Hall–Kier alpha value is -1.88. The average Bonchev–Trinajstić information content (AvgIpc) is 2.35. The summed E-state index contributed by atoms with van der Waals surface area (Å²) in [6, 6.07) is 4.60. The Labute approximate surface area is 113 Å². The van der Waals surface area contributed by atoms with Crippen LogP contribution < -0.4 is 5.56 Å². The van der Waals surface area contributed by atoms with E-state index in [2.05, 4.69) is 9.97 Å². The lowest BCUT2D eigenvalue weighted by atomic mass is 10.1. The molecule has 0 amide bonds. The third-order valence-electron chi connectivity index (χ3n) is 2.79. The van der Waals surface area contributed by atoms with Crippen LogP contribution in [0.5, 0.6) is 5.88 Å². The van der Waals surface area contributed by atoms with E-state index >= 15 is 0 Å². The molecule has 0 saturated carbocycles. The number of aromatic amines is 1. The Morgan fingerprint density at radius 1 is 1.47 bits per heavy atom. The van der Waals surface area contributed by atoms with Crippen LogP contribution in [0.15, 0.2) is 23.0 Å². The fraction of sp³-hybridized carbons (Fsp3) is 0.231. The average molecular weight is 283 g/mol. The van der Waals surface area contributed by atoms with Gasteiger partial charge in [0, 0.05) is 6.42 Å². The summed E-state index contributed by atoms with van der Waals surface area (Å²) < 4.78 is 13.7. The minimum Gasteiger partial charge on any atom is -0.493 e. The molecule has 1 heterocycles. The molecule has 1 aromatic heterocycles. The Morgan fingerprint density at radius 2 is 2.21 bits per heavy atom. The molecule has 0 saturated heterocycles. The molecule has 0 spiro atoms. The molecule has 0 bridgehead atoms. The van der Waals surface area contributed by atoms with E-state index in [9.17, 15) is 14.3 Å². The van der Waals surface area contributed by atoms with Crippen molar-refractivity contribution in [3.8, 4) is 5.88 Å². The Bertz CT molecular complexity index is 670. The van der Waals surface area contributed by atoms with E-state index in [-0.39, 0.29) is 28.7 Å². The quantitative estimate of drug-likeness (QED) is 0.908. The fourth-order valence-electron chi connectivity index (χ4n) is 1.80. The number of halogens is 2. The smallest absolute Gasteiger partial charge is 0.257 e. The van der Waals surface area contributed by atoms with Crippen molar-refractivity contribution in [1.82, 2.24) is 9.97 Å².